The van der Waals surface area contributed by atoms with E-state index in [0.717, 1.165) is 13.0 Å². The van der Waals surface area contributed by atoms with Crippen LogP contribution < -0.4 is 5.73 Å². The fourth-order valence-corrected chi connectivity index (χ4v) is 0.729. The summed E-state index contributed by atoms with van der Waals surface area (Å²) in [5.41, 5.74) is 5.33. The van der Waals surface area contributed by atoms with Gasteiger partial charge < -0.3 is 5.73 Å². The summed E-state index contributed by atoms with van der Waals surface area (Å²) >= 11 is 0. The zero-order chi connectivity index (χ0) is 4.41. The van der Waals surface area contributed by atoms with Gasteiger partial charge in [0.15, 0.2) is 0 Å². The molecule has 0 aromatic heterocycles. The van der Waals surface area contributed by atoms with Gasteiger partial charge in [-0.2, -0.15) is 0 Å². The minimum atomic E-state index is 0.894. The molecule has 1 rings (SSSR count). The van der Waals surface area contributed by atoms with Gasteiger partial charge in [0, 0.05) is 0 Å². The third-order valence-electron chi connectivity index (χ3n) is 1.56. The Labute approximate surface area is 39.6 Å². The Morgan fingerprint density at radius 2 is 2.50 bits per heavy atom. The Hall–Kier alpha value is 0.0899. The predicted molar refractivity (Wildman–Crippen MR) is 31.6 cm³/mol. The quantitative estimate of drug-likeness (QED) is 0.416. The van der Waals surface area contributed by atoms with Crippen molar-refractivity contribution in [2.45, 2.75) is 12.6 Å². The largest absolute Gasteiger partial charge is 0.338 e. The average molecular weight is 80.7 g/mol. The lowest BCUT2D eigenvalue weighted by Gasteiger charge is -2.17. The average Bonchev–Trinajstić information content (AvgIpc) is 1.31. The highest BCUT2D eigenvalue weighted by Crippen LogP contribution is 2.07. The molecule has 6 heavy (non-hydrogen) atoms. The van der Waals surface area contributed by atoms with Crippen molar-refractivity contribution in [2.24, 2.45) is 5.73 Å². The molecule has 0 unspecified atom stereocenters. The molecule has 32 valence electrons. The van der Waals surface area contributed by atoms with Crippen molar-refractivity contribution in [1.82, 2.24) is 0 Å². The van der Waals surface area contributed by atoms with Crippen LogP contribution in [0.3, 0.4) is 0 Å². The molecule has 0 saturated carbocycles. The molecule has 1 aliphatic heterocycles. The minimum Gasteiger partial charge on any atom is -0.338 e. The smallest absolute Gasteiger partial charge is 0.121 e. The van der Waals surface area contributed by atoms with Gasteiger partial charge in [-0.15, -0.1) is 0 Å². The second-order valence-electron chi connectivity index (χ2n) is 2.03. The molecule has 0 aromatic rings. The third kappa shape index (κ3) is 0.597. The van der Waals surface area contributed by atoms with E-state index in [1.54, 1.807) is 0 Å². The van der Waals surface area contributed by atoms with Crippen LogP contribution in [0.15, 0.2) is 0 Å². The maximum Gasteiger partial charge on any atom is 0.121 e. The highest BCUT2D eigenvalue weighted by Gasteiger charge is 2.19. The molecule has 1 nitrogen and oxygen atoms in total. The molecular weight excluding hydrogens is 71.7 g/mol. The first-order valence-corrected chi connectivity index (χ1v) is 2.63. The molecule has 2 N–H and O–H groups in total. The normalized spacial score (nSPS) is 19.2. The van der Waals surface area contributed by atoms with E-state index in [1.165, 1.54) is 19.8 Å². The summed E-state index contributed by atoms with van der Waals surface area (Å²) in [5, 5.41) is 0. The molecule has 1 heterocycles. The Balaban J connectivity index is 2.01. The summed E-state index contributed by atoms with van der Waals surface area (Å²) in [7, 11) is 1.39. The second-order valence-corrected chi connectivity index (χ2v) is 2.03. The maximum absolute atomic E-state index is 5.33. The molecule has 0 atom stereocenters. The molecule has 1 fully saturated rings. The summed E-state index contributed by atoms with van der Waals surface area (Å²) in [5.74, 6) is 0. The predicted octanol–water partition coefficient (Wildman–Crippen LogP) is -0.656. The lowest BCUT2D eigenvalue weighted by molar-refractivity contribution is 1.25. The van der Waals surface area contributed by atoms with Crippen LogP contribution in [0.4, 0.5) is 0 Å². The Morgan fingerprint density at radius 1 is 1.83 bits per heavy atom. The van der Waals surface area contributed by atoms with E-state index in [2.05, 4.69) is 0 Å². The van der Waals surface area contributed by atoms with Gasteiger partial charge in [0.1, 0.15) is 6.60 Å². The van der Waals surface area contributed by atoms with Gasteiger partial charge in [0.25, 0.3) is 0 Å². The third-order valence-corrected chi connectivity index (χ3v) is 1.56. The van der Waals surface area contributed by atoms with E-state index in [1.807, 2.05) is 0 Å². The zero-order valence-electron chi connectivity index (χ0n) is 3.98. The summed E-state index contributed by atoms with van der Waals surface area (Å²) in [4.78, 5) is 0. The fraction of sp³-hybridized carbons (Fsp3) is 1.00. The van der Waals surface area contributed by atoms with Gasteiger partial charge in [0.2, 0.25) is 0 Å². The molecule has 0 spiro atoms. The van der Waals surface area contributed by atoms with Crippen LogP contribution >= 0.6 is 0 Å². The van der Waals surface area contributed by atoms with Crippen LogP contribution in [0, 0.1) is 0 Å². The van der Waals surface area contributed by atoms with E-state index in [0.29, 0.717) is 0 Å². The van der Waals surface area contributed by atoms with Crippen LogP contribution in [0.25, 0.3) is 0 Å². The van der Waals surface area contributed by atoms with Gasteiger partial charge in [-0.05, 0) is 6.44 Å². The monoisotopic (exact) mass is 81.1 g/mol. The number of rotatable bonds is 1. The van der Waals surface area contributed by atoms with Gasteiger partial charge in [-0.1, -0.05) is 12.6 Å². The SMILES string of the molecule is NCB1BCC1. The number of hydrogen-bond donors (Lipinski definition) is 1. The molecule has 0 aliphatic carbocycles. The van der Waals surface area contributed by atoms with E-state index >= 15 is 0 Å². The van der Waals surface area contributed by atoms with E-state index in [4.69, 9.17) is 5.73 Å². The van der Waals surface area contributed by atoms with Crippen LogP contribution in [-0.4, -0.2) is 20.2 Å². The van der Waals surface area contributed by atoms with Crippen molar-refractivity contribution >= 4 is 13.8 Å². The highest BCUT2D eigenvalue weighted by atomic mass is 14.5. The van der Waals surface area contributed by atoms with Crippen molar-refractivity contribution in [1.29, 1.82) is 0 Å². The lowest BCUT2D eigenvalue weighted by atomic mass is 9.09. The zero-order valence-corrected chi connectivity index (χ0v) is 3.98. The topological polar surface area (TPSA) is 26.0 Å². The van der Waals surface area contributed by atoms with Crippen LogP contribution in [0.5, 0.6) is 0 Å². The number of nitrogens with two attached hydrogens (primary N) is 1. The van der Waals surface area contributed by atoms with Crippen molar-refractivity contribution in [3.05, 3.63) is 0 Å². The minimum absolute atomic E-state index is 0.894. The standard InChI is InChI=1S/C3H9B2N/c6-3-5-2-1-4-5/h4H,1-3,6H2. The molecule has 0 aromatic carbocycles. The Morgan fingerprint density at radius 3 is 2.50 bits per heavy atom. The molecular formula is C3H9B2N. The molecule has 0 amide bonds. The highest BCUT2D eigenvalue weighted by molar-refractivity contribution is 7.17. The van der Waals surface area contributed by atoms with Crippen molar-refractivity contribution in [3.8, 4) is 0 Å². The molecule has 0 radical (unpaired) electrons. The first kappa shape index (κ1) is 4.25. The lowest BCUT2D eigenvalue weighted by Crippen LogP contribution is -2.39. The number of hydrogen-bond acceptors (Lipinski definition) is 1. The van der Waals surface area contributed by atoms with Crippen LogP contribution in [0.1, 0.15) is 0 Å². The van der Waals surface area contributed by atoms with Gasteiger partial charge in [0.05, 0.1) is 7.17 Å². The molecule has 0 bridgehead atoms. The summed E-state index contributed by atoms with van der Waals surface area (Å²) in [6.07, 6.45) is 3.72. The van der Waals surface area contributed by atoms with Crippen LogP contribution in [-0.2, 0) is 0 Å². The van der Waals surface area contributed by atoms with Crippen molar-refractivity contribution in [2.75, 3.05) is 6.44 Å². The summed E-state index contributed by atoms with van der Waals surface area (Å²) in [6, 6.07) is 0. The second kappa shape index (κ2) is 1.69. The molecule has 1 saturated heterocycles. The molecule has 3 heteroatoms. The van der Waals surface area contributed by atoms with Gasteiger partial charge in [-0.25, -0.2) is 0 Å². The van der Waals surface area contributed by atoms with Crippen molar-refractivity contribution in [3.63, 3.8) is 0 Å². The first-order chi connectivity index (χ1) is 2.93. The van der Waals surface area contributed by atoms with Crippen molar-refractivity contribution < 1.29 is 0 Å². The summed E-state index contributed by atoms with van der Waals surface area (Å²) < 4.78 is 0. The Kier molecular flexibility index (Phi) is 1.20. The maximum atomic E-state index is 5.33. The first-order valence-electron chi connectivity index (χ1n) is 2.63. The van der Waals surface area contributed by atoms with E-state index < -0.39 is 0 Å². The van der Waals surface area contributed by atoms with Gasteiger partial charge in [-0.3, -0.25) is 0 Å². The van der Waals surface area contributed by atoms with E-state index in [9.17, 15) is 0 Å². The van der Waals surface area contributed by atoms with Gasteiger partial charge >= 0.3 is 0 Å². The van der Waals surface area contributed by atoms with Crippen LogP contribution in [0.2, 0.25) is 12.6 Å². The fourth-order valence-electron chi connectivity index (χ4n) is 0.729. The Bertz CT molecular complexity index is 41.3. The van der Waals surface area contributed by atoms with E-state index in [-0.39, 0.29) is 0 Å². The summed E-state index contributed by atoms with van der Waals surface area (Å²) in [6.45, 7) is 0.894. The molecule has 1 aliphatic rings.